The Morgan fingerprint density at radius 1 is 1.00 bits per heavy atom. The summed E-state index contributed by atoms with van der Waals surface area (Å²) in [6, 6.07) is 20.0. The third-order valence-corrected chi connectivity index (χ3v) is 8.15. The predicted molar refractivity (Wildman–Crippen MR) is 156 cm³/mol. The van der Waals surface area contributed by atoms with E-state index in [0.717, 1.165) is 57.9 Å². The zero-order chi connectivity index (χ0) is 25.2. The molecule has 2 aromatic carbocycles. The molecule has 0 bridgehead atoms. The van der Waals surface area contributed by atoms with Gasteiger partial charge in [-0.15, -0.1) is 23.7 Å². The second-order valence-electron chi connectivity index (χ2n) is 9.67. The van der Waals surface area contributed by atoms with Crippen LogP contribution in [0, 0.1) is 5.92 Å². The molecule has 5 aromatic rings. The summed E-state index contributed by atoms with van der Waals surface area (Å²) in [5, 5.41) is 6.41. The van der Waals surface area contributed by atoms with Gasteiger partial charge in [0.2, 0.25) is 5.78 Å². The van der Waals surface area contributed by atoms with Crippen LogP contribution >= 0.6 is 23.7 Å². The highest BCUT2D eigenvalue weighted by Gasteiger charge is 2.21. The van der Waals surface area contributed by atoms with Gasteiger partial charge in [0.25, 0.3) is 0 Å². The van der Waals surface area contributed by atoms with Crippen molar-refractivity contribution >= 4 is 50.6 Å². The van der Waals surface area contributed by atoms with Crippen LogP contribution in [-0.4, -0.2) is 41.2 Å². The molecule has 1 saturated heterocycles. The number of ether oxygens (including phenoxy) is 2. The molecular formula is C30H32ClN3O3S. The Balaban J connectivity index is 0.00000294. The van der Waals surface area contributed by atoms with Crippen molar-refractivity contribution in [1.29, 1.82) is 0 Å². The fourth-order valence-corrected chi connectivity index (χ4v) is 6.02. The van der Waals surface area contributed by atoms with Gasteiger partial charge in [-0.25, -0.2) is 0 Å². The maximum Gasteiger partial charge on any atom is 0.211 e. The van der Waals surface area contributed by atoms with Gasteiger partial charge >= 0.3 is 0 Å². The van der Waals surface area contributed by atoms with Crippen LogP contribution in [0.3, 0.4) is 0 Å². The number of benzene rings is 2. The van der Waals surface area contributed by atoms with Gasteiger partial charge in [0.1, 0.15) is 18.1 Å². The first-order valence-electron chi connectivity index (χ1n) is 12.9. The van der Waals surface area contributed by atoms with E-state index in [1.54, 1.807) is 11.3 Å². The SMILES string of the molecule is Cl.Cn1c(C(=O)c2cn(CCOc3ccc(OCC4CCNCC4)cc3)c3ccccc23)cc2sccc21. The third kappa shape index (κ3) is 5.32. The van der Waals surface area contributed by atoms with E-state index in [0.29, 0.717) is 24.8 Å². The van der Waals surface area contributed by atoms with Crippen LogP contribution in [0.5, 0.6) is 11.5 Å². The number of fused-ring (bicyclic) bond motifs is 2. The maximum atomic E-state index is 13.6. The van der Waals surface area contributed by atoms with Crippen LogP contribution in [-0.2, 0) is 13.6 Å². The van der Waals surface area contributed by atoms with Crippen molar-refractivity contribution < 1.29 is 14.3 Å². The Labute approximate surface area is 232 Å². The van der Waals surface area contributed by atoms with Crippen molar-refractivity contribution in [3.05, 3.63) is 83.5 Å². The Kier molecular flexibility index (Phi) is 8.07. The Hall–Kier alpha value is -3.26. The van der Waals surface area contributed by atoms with E-state index in [4.69, 9.17) is 9.47 Å². The van der Waals surface area contributed by atoms with Crippen LogP contribution in [0.4, 0.5) is 0 Å². The Morgan fingerprint density at radius 2 is 1.74 bits per heavy atom. The fraction of sp³-hybridized carbons (Fsp3) is 0.300. The number of rotatable bonds is 9. The molecule has 38 heavy (non-hydrogen) atoms. The molecule has 0 radical (unpaired) electrons. The van der Waals surface area contributed by atoms with Crippen LogP contribution in [0.25, 0.3) is 21.1 Å². The minimum Gasteiger partial charge on any atom is -0.493 e. The van der Waals surface area contributed by atoms with E-state index in [1.165, 1.54) is 12.8 Å². The Bertz CT molecular complexity index is 1530. The second kappa shape index (κ2) is 11.6. The number of piperidine rings is 1. The number of carbonyl (C=O) groups excluding carboxylic acids is 1. The average Bonchev–Trinajstić information content (AvgIpc) is 3.64. The summed E-state index contributed by atoms with van der Waals surface area (Å²) < 4.78 is 17.3. The first-order valence-corrected chi connectivity index (χ1v) is 13.8. The highest BCUT2D eigenvalue weighted by atomic mass is 35.5. The van der Waals surface area contributed by atoms with E-state index in [9.17, 15) is 4.79 Å². The number of thiophene rings is 1. The zero-order valence-electron chi connectivity index (χ0n) is 21.4. The summed E-state index contributed by atoms with van der Waals surface area (Å²) in [5.41, 5.74) is 3.56. The van der Waals surface area contributed by atoms with E-state index in [2.05, 4.69) is 27.4 Å². The Morgan fingerprint density at radius 3 is 2.50 bits per heavy atom. The highest BCUT2D eigenvalue weighted by molar-refractivity contribution is 7.17. The molecule has 1 aliphatic rings. The number of carbonyl (C=O) groups is 1. The monoisotopic (exact) mass is 549 g/mol. The first kappa shape index (κ1) is 26.4. The number of ketones is 1. The van der Waals surface area contributed by atoms with Gasteiger partial charge < -0.3 is 23.9 Å². The lowest BCUT2D eigenvalue weighted by Gasteiger charge is -2.22. The third-order valence-electron chi connectivity index (χ3n) is 7.30. The molecule has 1 aliphatic heterocycles. The standard InChI is InChI=1S/C30H31N3O3S.ClH/c1-32-27-12-17-37-29(27)18-28(32)30(34)25-19-33(26-5-3-2-4-24(25)26)15-16-35-22-6-8-23(9-7-22)36-20-21-10-13-31-14-11-21;/h2-9,12,17-19,21,31H,10-11,13-16,20H2,1H3;1H. The maximum absolute atomic E-state index is 13.6. The number of aryl methyl sites for hydroxylation is 1. The van der Waals surface area contributed by atoms with Crippen molar-refractivity contribution in [3.8, 4) is 11.5 Å². The highest BCUT2D eigenvalue weighted by Crippen LogP contribution is 2.29. The molecule has 3 aromatic heterocycles. The molecule has 0 aliphatic carbocycles. The number of hydrogen-bond donors (Lipinski definition) is 1. The average molecular weight is 550 g/mol. The van der Waals surface area contributed by atoms with Crippen molar-refractivity contribution in [2.45, 2.75) is 19.4 Å². The molecular weight excluding hydrogens is 518 g/mol. The number of nitrogens with one attached hydrogen (secondary N) is 1. The molecule has 1 N–H and O–H groups in total. The summed E-state index contributed by atoms with van der Waals surface area (Å²) in [6.45, 7) is 4.08. The quantitative estimate of drug-likeness (QED) is 0.219. The molecule has 4 heterocycles. The van der Waals surface area contributed by atoms with E-state index >= 15 is 0 Å². The van der Waals surface area contributed by atoms with Crippen molar-refractivity contribution in [2.24, 2.45) is 13.0 Å². The lowest BCUT2D eigenvalue weighted by atomic mass is 9.99. The van der Waals surface area contributed by atoms with Gasteiger partial charge in [0.05, 0.1) is 29.1 Å². The fourth-order valence-electron chi connectivity index (χ4n) is 5.18. The minimum atomic E-state index is 0. The molecule has 0 spiro atoms. The van der Waals surface area contributed by atoms with Gasteiger partial charge in [-0.05, 0) is 79.7 Å². The number of halogens is 1. The van der Waals surface area contributed by atoms with Crippen molar-refractivity contribution in [1.82, 2.24) is 14.5 Å². The number of aromatic nitrogens is 2. The minimum absolute atomic E-state index is 0. The van der Waals surface area contributed by atoms with Crippen molar-refractivity contribution in [3.63, 3.8) is 0 Å². The van der Waals surface area contributed by atoms with Gasteiger partial charge in [-0.2, -0.15) is 0 Å². The smallest absolute Gasteiger partial charge is 0.211 e. The summed E-state index contributed by atoms with van der Waals surface area (Å²) in [5.74, 6) is 2.36. The molecule has 0 unspecified atom stereocenters. The zero-order valence-corrected chi connectivity index (χ0v) is 23.0. The number of para-hydroxylation sites is 1. The largest absolute Gasteiger partial charge is 0.493 e. The molecule has 6 nitrogen and oxygen atoms in total. The topological polar surface area (TPSA) is 57.4 Å². The van der Waals surface area contributed by atoms with E-state index < -0.39 is 0 Å². The van der Waals surface area contributed by atoms with E-state index in [1.807, 2.05) is 66.3 Å². The normalized spacial score (nSPS) is 14.0. The van der Waals surface area contributed by atoms with Gasteiger partial charge in [0.15, 0.2) is 0 Å². The second-order valence-corrected chi connectivity index (χ2v) is 10.6. The van der Waals surface area contributed by atoms with Crippen LogP contribution in [0.15, 0.2) is 72.2 Å². The molecule has 1 fully saturated rings. The van der Waals surface area contributed by atoms with Crippen LogP contribution < -0.4 is 14.8 Å². The molecule has 198 valence electrons. The van der Waals surface area contributed by atoms with Gasteiger partial charge in [-0.3, -0.25) is 4.79 Å². The summed E-state index contributed by atoms with van der Waals surface area (Å²) in [4.78, 5) is 13.6. The van der Waals surface area contributed by atoms with Gasteiger partial charge in [-0.1, -0.05) is 18.2 Å². The molecule has 8 heteroatoms. The molecule has 6 rings (SSSR count). The molecule has 0 amide bonds. The number of nitrogens with zero attached hydrogens (tertiary/aromatic N) is 2. The van der Waals surface area contributed by atoms with Crippen LogP contribution in [0.1, 0.15) is 28.9 Å². The van der Waals surface area contributed by atoms with Crippen LogP contribution in [0.2, 0.25) is 0 Å². The molecule has 0 saturated carbocycles. The first-order chi connectivity index (χ1) is 18.2. The van der Waals surface area contributed by atoms with E-state index in [-0.39, 0.29) is 18.2 Å². The number of hydrogen-bond acceptors (Lipinski definition) is 5. The molecule has 0 atom stereocenters. The predicted octanol–water partition coefficient (Wildman–Crippen LogP) is 6.30. The lowest BCUT2D eigenvalue weighted by molar-refractivity contribution is 0.103. The summed E-state index contributed by atoms with van der Waals surface area (Å²) >= 11 is 1.66. The summed E-state index contributed by atoms with van der Waals surface area (Å²) in [6.07, 6.45) is 4.31. The van der Waals surface area contributed by atoms with Gasteiger partial charge in [0, 0.05) is 29.7 Å². The van der Waals surface area contributed by atoms with Crippen molar-refractivity contribution in [2.75, 3.05) is 26.3 Å². The summed E-state index contributed by atoms with van der Waals surface area (Å²) in [7, 11) is 1.96. The lowest BCUT2D eigenvalue weighted by Crippen LogP contribution is -2.30.